The van der Waals surface area contributed by atoms with Crippen LogP contribution in [-0.2, 0) is 4.79 Å². The molecule has 11 heavy (non-hydrogen) atoms. The Hall–Kier alpha value is 0.0200. The largest absolute Gasteiger partial charge is 0.299 e. The molecule has 1 nitrogen and oxygen atoms in total. The van der Waals surface area contributed by atoms with Gasteiger partial charge in [0.2, 0.25) is 0 Å². The maximum atomic E-state index is 11.2. The van der Waals surface area contributed by atoms with Crippen LogP contribution >= 0.6 is 11.8 Å². The number of Topliss-reactive ketones (excluding diaryl/α,β-unsaturated/α-hetero) is 1. The highest BCUT2D eigenvalue weighted by molar-refractivity contribution is 7.99. The number of hydrogen-bond donors (Lipinski definition) is 0. The fourth-order valence-electron chi connectivity index (χ4n) is 0.808. The number of carbonyl (C=O) groups excluding carboxylic acids is 1. The van der Waals surface area contributed by atoms with E-state index in [1.165, 1.54) is 0 Å². The molecule has 0 N–H and O–H groups in total. The molecule has 0 radical (unpaired) electrons. The van der Waals surface area contributed by atoms with Gasteiger partial charge in [-0.05, 0) is 11.7 Å². The number of rotatable bonds is 6. The molecule has 66 valence electrons. The Bertz CT molecular complexity index is 112. The molecule has 2 heteroatoms. The fraction of sp³-hybridized carbons (Fsp3) is 0.889. The van der Waals surface area contributed by atoms with Gasteiger partial charge in [-0.15, -0.1) is 0 Å². The summed E-state index contributed by atoms with van der Waals surface area (Å²) in [5.74, 6) is 2.73. The predicted molar refractivity (Wildman–Crippen MR) is 52.1 cm³/mol. The van der Waals surface area contributed by atoms with Crippen molar-refractivity contribution in [1.29, 1.82) is 0 Å². The molecule has 0 aromatic rings. The third kappa shape index (κ3) is 6.42. The van der Waals surface area contributed by atoms with Crippen LogP contribution in [0.15, 0.2) is 0 Å². The van der Waals surface area contributed by atoms with E-state index in [-0.39, 0.29) is 0 Å². The zero-order valence-electron chi connectivity index (χ0n) is 7.72. The standard InChI is InChI=1S/C9H18OS/c1-4-8(3)6-9(10)7-11-5-2/h8H,4-7H2,1-3H3. The first-order chi connectivity index (χ1) is 5.20. The molecule has 0 saturated heterocycles. The summed E-state index contributed by atoms with van der Waals surface area (Å²) in [5.41, 5.74) is 0. The Morgan fingerprint density at radius 3 is 2.55 bits per heavy atom. The van der Waals surface area contributed by atoms with Gasteiger partial charge in [0, 0.05) is 6.42 Å². The van der Waals surface area contributed by atoms with Crippen LogP contribution in [-0.4, -0.2) is 17.3 Å². The summed E-state index contributed by atoms with van der Waals surface area (Å²) in [5, 5.41) is 0. The van der Waals surface area contributed by atoms with Gasteiger partial charge >= 0.3 is 0 Å². The van der Waals surface area contributed by atoms with Crippen molar-refractivity contribution < 1.29 is 4.79 Å². The number of thioether (sulfide) groups is 1. The van der Waals surface area contributed by atoms with E-state index in [9.17, 15) is 4.79 Å². The van der Waals surface area contributed by atoms with Gasteiger partial charge in [-0.1, -0.05) is 27.2 Å². The molecule has 0 fully saturated rings. The molecule has 1 unspecified atom stereocenters. The molecular formula is C9H18OS. The van der Waals surface area contributed by atoms with Crippen molar-refractivity contribution in [2.75, 3.05) is 11.5 Å². The molecule has 0 bridgehead atoms. The quantitative estimate of drug-likeness (QED) is 0.616. The van der Waals surface area contributed by atoms with Crippen LogP contribution in [0.2, 0.25) is 0 Å². The minimum atomic E-state index is 0.409. The van der Waals surface area contributed by atoms with Crippen molar-refractivity contribution in [3.63, 3.8) is 0 Å². The summed E-state index contributed by atoms with van der Waals surface area (Å²) >= 11 is 1.72. The second-order valence-corrected chi connectivity index (χ2v) is 4.17. The Balaban J connectivity index is 3.36. The van der Waals surface area contributed by atoms with Crippen LogP contribution in [0.1, 0.15) is 33.6 Å². The predicted octanol–water partition coefficient (Wildman–Crippen LogP) is 2.74. The minimum Gasteiger partial charge on any atom is -0.299 e. The summed E-state index contributed by atoms with van der Waals surface area (Å²) in [6.45, 7) is 6.35. The van der Waals surface area contributed by atoms with Crippen molar-refractivity contribution in [3.05, 3.63) is 0 Å². The zero-order valence-corrected chi connectivity index (χ0v) is 8.54. The van der Waals surface area contributed by atoms with Crippen molar-refractivity contribution in [2.45, 2.75) is 33.6 Å². The van der Waals surface area contributed by atoms with E-state index in [0.29, 0.717) is 17.5 Å². The van der Waals surface area contributed by atoms with Gasteiger partial charge in [0.05, 0.1) is 5.75 Å². The smallest absolute Gasteiger partial charge is 0.143 e. The fourth-order valence-corrected chi connectivity index (χ4v) is 1.36. The number of hydrogen-bond acceptors (Lipinski definition) is 2. The summed E-state index contributed by atoms with van der Waals surface area (Å²) < 4.78 is 0. The van der Waals surface area contributed by atoms with Crippen molar-refractivity contribution in [1.82, 2.24) is 0 Å². The molecule has 0 rings (SSSR count). The SMILES string of the molecule is CCSCC(=O)CC(C)CC. The molecule has 0 spiro atoms. The summed E-state index contributed by atoms with van der Waals surface area (Å²) in [4.78, 5) is 11.2. The normalized spacial score (nSPS) is 13.0. The van der Waals surface area contributed by atoms with Crippen molar-refractivity contribution >= 4 is 17.5 Å². The average molecular weight is 174 g/mol. The Labute approximate surface area is 73.9 Å². The first-order valence-electron chi connectivity index (χ1n) is 4.30. The lowest BCUT2D eigenvalue weighted by molar-refractivity contribution is -0.117. The van der Waals surface area contributed by atoms with Crippen molar-refractivity contribution in [3.8, 4) is 0 Å². The maximum Gasteiger partial charge on any atom is 0.143 e. The van der Waals surface area contributed by atoms with Crippen LogP contribution in [0.25, 0.3) is 0 Å². The molecule has 0 aliphatic heterocycles. The second kappa shape index (κ2) is 6.71. The minimum absolute atomic E-state index is 0.409. The summed E-state index contributed by atoms with van der Waals surface area (Å²) in [6.07, 6.45) is 1.88. The average Bonchev–Trinajstić information content (AvgIpc) is 2.00. The highest BCUT2D eigenvalue weighted by atomic mass is 32.2. The third-order valence-corrected chi connectivity index (χ3v) is 2.67. The third-order valence-electron chi connectivity index (χ3n) is 1.74. The van der Waals surface area contributed by atoms with Crippen LogP contribution < -0.4 is 0 Å². The van der Waals surface area contributed by atoms with E-state index in [4.69, 9.17) is 0 Å². The first-order valence-corrected chi connectivity index (χ1v) is 5.45. The molecule has 0 aliphatic carbocycles. The highest BCUT2D eigenvalue weighted by Crippen LogP contribution is 2.09. The zero-order chi connectivity index (χ0) is 8.69. The lowest BCUT2D eigenvalue weighted by Gasteiger charge is -2.05. The molecule has 0 aromatic heterocycles. The van der Waals surface area contributed by atoms with Crippen LogP contribution in [0.4, 0.5) is 0 Å². The number of carbonyl (C=O) groups is 1. The van der Waals surface area contributed by atoms with Gasteiger partial charge < -0.3 is 0 Å². The number of ketones is 1. The Kier molecular flexibility index (Phi) is 6.73. The molecular weight excluding hydrogens is 156 g/mol. The Morgan fingerprint density at radius 1 is 1.45 bits per heavy atom. The summed E-state index contributed by atoms with van der Waals surface area (Å²) in [7, 11) is 0. The van der Waals surface area contributed by atoms with E-state index >= 15 is 0 Å². The van der Waals surface area contributed by atoms with Gasteiger partial charge in [0.1, 0.15) is 5.78 Å². The highest BCUT2D eigenvalue weighted by Gasteiger charge is 2.06. The molecule has 1 atom stereocenters. The lowest BCUT2D eigenvalue weighted by Crippen LogP contribution is -2.07. The Morgan fingerprint density at radius 2 is 2.09 bits per heavy atom. The molecule has 0 aromatic carbocycles. The van der Waals surface area contributed by atoms with E-state index in [1.54, 1.807) is 11.8 Å². The second-order valence-electron chi connectivity index (χ2n) is 2.89. The monoisotopic (exact) mass is 174 g/mol. The molecule has 0 saturated carbocycles. The van der Waals surface area contributed by atoms with E-state index in [0.717, 1.165) is 18.6 Å². The maximum absolute atomic E-state index is 11.2. The summed E-state index contributed by atoms with van der Waals surface area (Å²) in [6, 6.07) is 0. The lowest BCUT2D eigenvalue weighted by atomic mass is 10.0. The van der Waals surface area contributed by atoms with Gasteiger partial charge in [-0.2, -0.15) is 11.8 Å². The van der Waals surface area contributed by atoms with E-state index in [1.807, 2.05) is 0 Å². The van der Waals surface area contributed by atoms with Gasteiger partial charge in [-0.3, -0.25) is 4.79 Å². The molecule has 0 aliphatic rings. The molecule has 0 heterocycles. The van der Waals surface area contributed by atoms with Gasteiger partial charge in [-0.25, -0.2) is 0 Å². The van der Waals surface area contributed by atoms with Crippen LogP contribution in [0, 0.1) is 5.92 Å². The topological polar surface area (TPSA) is 17.1 Å². The van der Waals surface area contributed by atoms with Crippen LogP contribution in [0.5, 0.6) is 0 Å². The first kappa shape index (κ1) is 11.0. The van der Waals surface area contributed by atoms with Gasteiger partial charge in [0.15, 0.2) is 0 Å². The van der Waals surface area contributed by atoms with Crippen LogP contribution in [0.3, 0.4) is 0 Å². The van der Waals surface area contributed by atoms with E-state index < -0.39 is 0 Å². The molecule has 0 amide bonds. The van der Waals surface area contributed by atoms with Gasteiger partial charge in [0.25, 0.3) is 0 Å². The van der Waals surface area contributed by atoms with Crippen molar-refractivity contribution in [2.24, 2.45) is 5.92 Å². The van der Waals surface area contributed by atoms with E-state index in [2.05, 4.69) is 20.8 Å².